The monoisotopic (exact) mass is 285 g/mol. The van der Waals surface area contributed by atoms with Crippen LogP contribution in [-0.4, -0.2) is 72.2 Å². The van der Waals surface area contributed by atoms with Crippen molar-refractivity contribution < 1.29 is 9.90 Å². The standard InChI is InChI=1S/C15H31N3O2/c1-13(2)5-6-16-14(19)11-17-7-9-18(10-8-17)12-15(3,4)20/h13,20H,5-12H2,1-4H3,(H,16,19). The second kappa shape index (κ2) is 7.96. The Hall–Kier alpha value is -0.650. The van der Waals surface area contributed by atoms with Crippen molar-refractivity contribution in [2.45, 2.75) is 39.7 Å². The highest BCUT2D eigenvalue weighted by atomic mass is 16.3. The Labute approximate surface area is 123 Å². The Morgan fingerprint density at radius 2 is 1.75 bits per heavy atom. The van der Waals surface area contributed by atoms with Crippen molar-refractivity contribution in [3.63, 3.8) is 0 Å². The summed E-state index contributed by atoms with van der Waals surface area (Å²) in [5, 5.41) is 12.8. The lowest BCUT2D eigenvalue weighted by atomic mass is 10.1. The Morgan fingerprint density at radius 1 is 1.20 bits per heavy atom. The number of amides is 1. The summed E-state index contributed by atoms with van der Waals surface area (Å²) in [5.74, 6) is 0.752. The normalized spacial score (nSPS) is 18.5. The van der Waals surface area contributed by atoms with E-state index >= 15 is 0 Å². The van der Waals surface area contributed by atoms with E-state index in [1.807, 2.05) is 13.8 Å². The summed E-state index contributed by atoms with van der Waals surface area (Å²) in [6.07, 6.45) is 1.03. The molecule has 0 atom stereocenters. The maximum atomic E-state index is 11.8. The van der Waals surface area contributed by atoms with Gasteiger partial charge < -0.3 is 10.4 Å². The lowest BCUT2D eigenvalue weighted by molar-refractivity contribution is -0.122. The summed E-state index contributed by atoms with van der Waals surface area (Å²) in [6.45, 7) is 13.6. The van der Waals surface area contributed by atoms with Crippen molar-refractivity contribution in [3.05, 3.63) is 0 Å². The van der Waals surface area contributed by atoms with E-state index in [-0.39, 0.29) is 5.91 Å². The van der Waals surface area contributed by atoms with Gasteiger partial charge in [0.1, 0.15) is 0 Å². The largest absolute Gasteiger partial charge is 0.389 e. The molecular weight excluding hydrogens is 254 g/mol. The van der Waals surface area contributed by atoms with Crippen LogP contribution in [0, 0.1) is 5.92 Å². The lowest BCUT2D eigenvalue weighted by Gasteiger charge is -2.36. The van der Waals surface area contributed by atoms with Crippen molar-refractivity contribution in [2.24, 2.45) is 5.92 Å². The van der Waals surface area contributed by atoms with Crippen LogP contribution < -0.4 is 5.32 Å². The summed E-state index contributed by atoms with van der Waals surface area (Å²) >= 11 is 0. The number of nitrogens with zero attached hydrogens (tertiary/aromatic N) is 2. The number of hydrogen-bond acceptors (Lipinski definition) is 4. The van der Waals surface area contributed by atoms with E-state index in [1.54, 1.807) is 0 Å². The third kappa shape index (κ3) is 7.82. The minimum atomic E-state index is -0.642. The van der Waals surface area contributed by atoms with E-state index in [1.165, 1.54) is 0 Å². The van der Waals surface area contributed by atoms with Gasteiger partial charge >= 0.3 is 0 Å². The van der Waals surface area contributed by atoms with Crippen LogP contribution in [0.15, 0.2) is 0 Å². The van der Waals surface area contributed by atoms with Crippen LogP contribution in [0.25, 0.3) is 0 Å². The van der Waals surface area contributed by atoms with Crippen LogP contribution in [0.3, 0.4) is 0 Å². The average molecular weight is 285 g/mol. The van der Waals surface area contributed by atoms with Gasteiger partial charge in [-0.25, -0.2) is 0 Å². The zero-order valence-electron chi connectivity index (χ0n) is 13.5. The van der Waals surface area contributed by atoms with Gasteiger partial charge in [-0.3, -0.25) is 14.6 Å². The molecular formula is C15H31N3O2. The molecule has 0 saturated carbocycles. The molecule has 0 aliphatic carbocycles. The molecule has 0 unspecified atom stereocenters. The molecule has 0 radical (unpaired) electrons. The summed E-state index contributed by atoms with van der Waals surface area (Å²) in [6, 6.07) is 0. The Morgan fingerprint density at radius 3 is 2.25 bits per heavy atom. The fraction of sp³-hybridized carbons (Fsp3) is 0.933. The fourth-order valence-electron chi connectivity index (χ4n) is 2.41. The Bertz CT molecular complexity index is 292. The number of hydrogen-bond donors (Lipinski definition) is 2. The van der Waals surface area contributed by atoms with E-state index in [0.29, 0.717) is 19.0 Å². The van der Waals surface area contributed by atoms with E-state index in [0.717, 1.165) is 39.1 Å². The van der Waals surface area contributed by atoms with Gasteiger partial charge in [0.15, 0.2) is 0 Å². The van der Waals surface area contributed by atoms with Crippen LogP contribution >= 0.6 is 0 Å². The third-order valence-corrected chi connectivity index (χ3v) is 3.49. The number of nitrogens with one attached hydrogen (secondary N) is 1. The molecule has 1 amide bonds. The average Bonchev–Trinajstić information content (AvgIpc) is 2.29. The fourth-order valence-corrected chi connectivity index (χ4v) is 2.41. The molecule has 1 aliphatic rings. The highest BCUT2D eigenvalue weighted by Gasteiger charge is 2.23. The van der Waals surface area contributed by atoms with E-state index in [4.69, 9.17) is 0 Å². The Balaban J connectivity index is 2.17. The molecule has 5 heteroatoms. The minimum absolute atomic E-state index is 0.126. The summed E-state index contributed by atoms with van der Waals surface area (Å²) < 4.78 is 0. The number of carbonyl (C=O) groups is 1. The molecule has 20 heavy (non-hydrogen) atoms. The highest BCUT2D eigenvalue weighted by Crippen LogP contribution is 2.08. The zero-order chi connectivity index (χ0) is 15.2. The van der Waals surface area contributed by atoms with Gasteiger partial charge in [0.2, 0.25) is 5.91 Å². The molecule has 0 aromatic heterocycles. The molecule has 1 rings (SSSR count). The van der Waals surface area contributed by atoms with E-state index in [9.17, 15) is 9.90 Å². The van der Waals surface area contributed by atoms with Crippen molar-refractivity contribution >= 4 is 5.91 Å². The van der Waals surface area contributed by atoms with Gasteiger partial charge in [-0.2, -0.15) is 0 Å². The van der Waals surface area contributed by atoms with Crippen molar-refractivity contribution in [1.82, 2.24) is 15.1 Å². The molecule has 1 heterocycles. The number of carbonyl (C=O) groups excluding carboxylic acids is 1. The molecule has 0 aromatic carbocycles. The Kier molecular flexibility index (Phi) is 6.92. The smallest absolute Gasteiger partial charge is 0.234 e. The van der Waals surface area contributed by atoms with Crippen molar-refractivity contribution in [3.8, 4) is 0 Å². The van der Waals surface area contributed by atoms with Gasteiger partial charge in [-0.1, -0.05) is 13.8 Å². The summed E-state index contributed by atoms with van der Waals surface area (Å²) in [5.41, 5.74) is -0.642. The molecule has 5 nitrogen and oxygen atoms in total. The second-order valence-corrected chi connectivity index (χ2v) is 6.90. The minimum Gasteiger partial charge on any atom is -0.389 e. The number of aliphatic hydroxyl groups is 1. The van der Waals surface area contributed by atoms with Gasteiger partial charge in [0, 0.05) is 39.3 Å². The first kappa shape index (κ1) is 17.4. The van der Waals surface area contributed by atoms with Crippen LogP contribution in [-0.2, 0) is 4.79 Å². The number of rotatable bonds is 7. The summed E-state index contributed by atoms with van der Waals surface area (Å²) in [4.78, 5) is 16.2. The molecule has 1 aliphatic heterocycles. The van der Waals surface area contributed by atoms with E-state index < -0.39 is 5.60 Å². The maximum Gasteiger partial charge on any atom is 0.234 e. The van der Waals surface area contributed by atoms with Gasteiger partial charge in [0.25, 0.3) is 0 Å². The molecule has 0 spiro atoms. The third-order valence-electron chi connectivity index (χ3n) is 3.49. The first-order valence-electron chi connectivity index (χ1n) is 7.70. The molecule has 0 aromatic rings. The van der Waals surface area contributed by atoms with Crippen molar-refractivity contribution in [1.29, 1.82) is 0 Å². The first-order chi connectivity index (χ1) is 9.26. The van der Waals surface area contributed by atoms with Gasteiger partial charge in [-0.15, -0.1) is 0 Å². The second-order valence-electron chi connectivity index (χ2n) is 6.90. The first-order valence-corrected chi connectivity index (χ1v) is 7.70. The maximum absolute atomic E-state index is 11.8. The predicted octanol–water partition coefficient (Wildman–Crippen LogP) is 0.537. The van der Waals surface area contributed by atoms with Crippen LogP contribution in [0.1, 0.15) is 34.1 Å². The molecule has 1 saturated heterocycles. The SMILES string of the molecule is CC(C)CCNC(=O)CN1CCN(CC(C)(C)O)CC1. The number of β-amino-alcohol motifs (C(OH)–C–C–N with tert-alkyl or cyclic N) is 1. The topological polar surface area (TPSA) is 55.8 Å². The lowest BCUT2D eigenvalue weighted by Crippen LogP contribution is -2.52. The van der Waals surface area contributed by atoms with Crippen molar-refractivity contribution in [2.75, 3.05) is 45.8 Å². The summed E-state index contributed by atoms with van der Waals surface area (Å²) in [7, 11) is 0. The zero-order valence-corrected chi connectivity index (χ0v) is 13.5. The van der Waals surface area contributed by atoms with Gasteiger partial charge in [0.05, 0.1) is 12.1 Å². The highest BCUT2D eigenvalue weighted by molar-refractivity contribution is 5.77. The molecule has 1 fully saturated rings. The van der Waals surface area contributed by atoms with E-state index in [2.05, 4.69) is 29.0 Å². The number of piperazine rings is 1. The van der Waals surface area contributed by atoms with Gasteiger partial charge in [-0.05, 0) is 26.2 Å². The predicted molar refractivity (Wildman–Crippen MR) is 81.6 cm³/mol. The van der Waals surface area contributed by atoms with Crippen LogP contribution in [0.5, 0.6) is 0 Å². The molecule has 2 N–H and O–H groups in total. The molecule has 118 valence electrons. The van der Waals surface area contributed by atoms with Crippen LogP contribution in [0.2, 0.25) is 0 Å². The van der Waals surface area contributed by atoms with Crippen LogP contribution in [0.4, 0.5) is 0 Å². The molecule has 0 bridgehead atoms. The quantitative estimate of drug-likeness (QED) is 0.717.